The highest BCUT2D eigenvalue weighted by atomic mass is 16.4. The average molecular weight is 437 g/mol. The summed E-state index contributed by atoms with van der Waals surface area (Å²) >= 11 is 0. The maximum atomic E-state index is 12.8. The van der Waals surface area contributed by atoms with Crippen molar-refractivity contribution in [1.82, 2.24) is 14.8 Å². The molecule has 1 fully saturated rings. The number of rotatable bonds is 8. The van der Waals surface area contributed by atoms with Gasteiger partial charge in [0.15, 0.2) is 0 Å². The minimum atomic E-state index is -1.20. The third-order valence-electron chi connectivity index (χ3n) is 6.35. The van der Waals surface area contributed by atoms with Crippen LogP contribution in [0.5, 0.6) is 0 Å². The first-order valence-corrected chi connectivity index (χ1v) is 10.9. The van der Waals surface area contributed by atoms with E-state index < -0.39 is 23.9 Å². The second-order valence-corrected chi connectivity index (χ2v) is 8.49. The zero-order chi connectivity index (χ0) is 22.7. The molecule has 2 N–H and O–H groups in total. The topological polar surface area (TPSA) is 111 Å². The predicted octanol–water partition coefficient (Wildman–Crippen LogP) is 2.74. The van der Waals surface area contributed by atoms with Gasteiger partial charge in [-0.25, -0.2) is 4.79 Å². The summed E-state index contributed by atoms with van der Waals surface area (Å²) in [6, 6.07) is 12.9. The molecule has 8 nitrogen and oxygen atoms in total. The van der Waals surface area contributed by atoms with Crippen molar-refractivity contribution >= 4 is 17.8 Å². The van der Waals surface area contributed by atoms with Crippen LogP contribution in [0.15, 0.2) is 42.5 Å². The van der Waals surface area contributed by atoms with E-state index in [4.69, 9.17) is 10.1 Å². The van der Waals surface area contributed by atoms with Gasteiger partial charge in [-0.3, -0.25) is 19.5 Å². The third kappa shape index (κ3) is 4.80. The first-order valence-electron chi connectivity index (χ1n) is 10.9. The van der Waals surface area contributed by atoms with Crippen LogP contribution in [0, 0.1) is 0 Å². The number of hydrogen-bond donors (Lipinski definition) is 2. The van der Waals surface area contributed by atoms with E-state index in [0.29, 0.717) is 17.2 Å². The first-order chi connectivity index (χ1) is 15.4. The Kier molecular flexibility index (Phi) is 6.50. The highest BCUT2D eigenvalue weighted by Gasteiger charge is 2.38. The van der Waals surface area contributed by atoms with Gasteiger partial charge in [0.25, 0.3) is 5.91 Å². The Labute approximate surface area is 186 Å². The molecule has 3 heterocycles. The summed E-state index contributed by atoms with van der Waals surface area (Å²) in [6.45, 7) is 2.98. The number of carboxylic acids is 2. The summed E-state index contributed by atoms with van der Waals surface area (Å²) in [5, 5.41) is 18.4. The van der Waals surface area contributed by atoms with Crippen LogP contribution >= 0.6 is 0 Å². The second kappa shape index (κ2) is 9.48. The lowest BCUT2D eigenvalue weighted by atomic mass is 9.92. The second-order valence-electron chi connectivity index (χ2n) is 8.49. The number of benzene rings is 1. The van der Waals surface area contributed by atoms with Gasteiger partial charge in [-0.05, 0) is 50.0 Å². The Morgan fingerprint density at radius 2 is 1.78 bits per heavy atom. The monoisotopic (exact) mass is 437 g/mol. The standard InChI is InChI=1S/C24H27N3O5/c28-22(29)9-8-21(24(31)32)27-15-20-18(23(27)30)6-7-19(25-20)17-10-12-26(13-11-17)14-16-4-2-1-3-5-16/h1-7,17,21H,8-15H2,(H,28,29)(H,31,32). The van der Waals surface area contributed by atoms with Gasteiger partial charge in [-0.2, -0.15) is 0 Å². The van der Waals surface area contributed by atoms with Crippen LogP contribution in [0.3, 0.4) is 0 Å². The van der Waals surface area contributed by atoms with Crippen molar-refractivity contribution in [2.75, 3.05) is 13.1 Å². The van der Waals surface area contributed by atoms with Gasteiger partial charge >= 0.3 is 11.9 Å². The number of aromatic nitrogens is 1. The van der Waals surface area contributed by atoms with Gasteiger partial charge in [0.2, 0.25) is 0 Å². The molecule has 8 heteroatoms. The van der Waals surface area contributed by atoms with E-state index in [-0.39, 0.29) is 19.4 Å². The summed E-state index contributed by atoms with van der Waals surface area (Å²) in [6.07, 6.45) is 1.52. The smallest absolute Gasteiger partial charge is 0.326 e. The van der Waals surface area contributed by atoms with E-state index in [1.54, 1.807) is 6.07 Å². The number of piperidine rings is 1. The highest BCUT2D eigenvalue weighted by molar-refractivity contribution is 6.00. The molecule has 168 valence electrons. The molecular weight excluding hydrogens is 410 g/mol. The number of fused-ring (bicyclic) bond motifs is 1. The minimum Gasteiger partial charge on any atom is -0.481 e. The molecule has 0 aliphatic carbocycles. The van der Waals surface area contributed by atoms with Crippen LogP contribution in [0.2, 0.25) is 0 Å². The zero-order valence-electron chi connectivity index (χ0n) is 17.8. The van der Waals surface area contributed by atoms with Gasteiger partial charge in [-0.15, -0.1) is 0 Å². The largest absolute Gasteiger partial charge is 0.481 e. The number of likely N-dealkylation sites (tertiary alicyclic amines) is 1. The van der Waals surface area contributed by atoms with Crippen molar-refractivity contribution in [1.29, 1.82) is 0 Å². The van der Waals surface area contributed by atoms with E-state index in [1.165, 1.54) is 10.5 Å². The van der Waals surface area contributed by atoms with Gasteiger partial charge in [0.1, 0.15) is 6.04 Å². The predicted molar refractivity (Wildman–Crippen MR) is 116 cm³/mol. The van der Waals surface area contributed by atoms with Crippen molar-refractivity contribution in [3.05, 3.63) is 65.0 Å². The molecule has 0 saturated carbocycles. The van der Waals surface area contributed by atoms with Crippen molar-refractivity contribution in [3.8, 4) is 0 Å². The van der Waals surface area contributed by atoms with Crippen molar-refractivity contribution in [3.63, 3.8) is 0 Å². The van der Waals surface area contributed by atoms with Crippen LogP contribution in [0.1, 0.15) is 58.9 Å². The summed E-state index contributed by atoms with van der Waals surface area (Å²) in [5.41, 5.74) is 3.24. The lowest BCUT2D eigenvalue weighted by molar-refractivity contribution is -0.143. The molecule has 1 unspecified atom stereocenters. The zero-order valence-corrected chi connectivity index (χ0v) is 17.8. The Morgan fingerprint density at radius 1 is 1.06 bits per heavy atom. The molecule has 1 saturated heterocycles. The Balaban J connectivity index is 1.40. The van der Waals surface area contributed by atoms with Crippen LogP contribution in [-0.2, 0) is 22.7 Å². The molecular formula is C24H27N3O5. The van der Waals surface area contributed by atoms with Crippen molar-refractivity contribution in [2.45, 2.75) is 50.7 Å². The molecule has 0 bridgehead atoms. The number of hydrogen-bond acceptors (Lipinski definition) is 5. The minimum absolute atomic E-state index is 0.103. The van der Waals surface area contributed by atoms with E-state index >= 15 is 0 Å². The fourth-order valence-corrected chi connectivity index (χ4v) is 4.60. The number of nitrogens with zero attached hydrogens (tertiary/aromatic N) is 3. The Hall–Kier alpha value is -3.26. The molecule has 1 aromatic heterocycles. The van der Waals surface area contributed by atoms with Crippen molar-refractivity contribution < 1.29 is 24.6 Å². The fourth-order valence-electron chi connectivity index (χ4n) is 4.60. The SMILES string of the molecule is O=C(O)CCC(C(=O)O)N1Cc2nc(C3CCN(Cc4ccccc4)CC3)ccc2C1=O. The maximum Gasteiger partial charge on any atom is 0.326 e. The number of carbonyl (C=O) groups is 3. The van der Waals surface area contributed by atoms with Gasteiger partial charge in [-0.1, -0.05) is 30.3 Å². The Bertz CT molecular complexity index is 1000. The van der Waals surface area contributed by atoms with Crippen LogP contribution in [0.4, 0.5) is 0 Å². The Morgan fingerprint density at radius 3 is 2.44 bits per heavy atom. The van der Waals surface area contributed by atoms with E-state index in [9.17, 15) is 19.5 Å². The molecule has 1 aromatic carbocycles. The molecule has 1 amide bonds. The number of carbonyl (C=O) groups excluding carboxylic acids is 1. The highest BCUT2D eigenvalue weighted by Crippen LogP contribution is 2.31. The summed E-state index contributed by atoms with van der Waals surface area (Å²) in [5.74, 6) is -2.37. The summed E-state index contributed by atoms with van der Waals surface area (Å²) in [7, 11) is 0. The average Bonchev–Trinajstić information content (AvgIpc) is 3.10. The molecule has 4 rings (SSSR count). The lowest BCUT2D eigenvalue weighted by Gasteiger charge is -2.31. The van der Waals surface area contributed by atoms with Crippen molar-refractivity contribution in [2.24, 2.45) is 0 Å². The molecule has 2 aromatic rings. The first kappa shape index (κ1) is 22.0. The number of amides is 1. The van der Waals surface area contributed by atoms with Gasteiger partial charge in [0.05, 0.1) is 17.8 Å². The fraction of sp³-hybridized carbons (Fsp3) is 0.417. The van der Waals surface area contributed by atoms with E-state index in [1.807, 2.05) is 12.1 Å². The van der Waals surface area contributed by atoms with Crippen LogP contribution in [-0.4, -0.2) is 62.0 Å². The van der Waals surface area contributed by atoms with Crippen LogP contribution < -0.4 is 0 Å². The number of carboxylic acid groups (broad SMARTS) is 2. The van der Waals surface area contributed by atoms with E-state index in [0.717, 1.165) is 38.2 Å². The molecule has 0 radical (unpaired) electrons. The van der Waals surface area contributed by atoms with Gasteiger partial charge in [0, 0.05) is 24.6 Å². The van der Waals surface area contributed by atoms with E-state index in [2.05, 4.69) is 29.2 Å². The van der Waals surface area contributed by atoms with Gasteiger partial charge < -0.3 is 15.1 Å². The number of aliphatic carboxylic acids is 2. The molecule has 2 aliphatic rings. The maximum absolute atomic E-state index is 12.8. The summed E-state index contributed by atoms with van der Waals surface area (Å²) in [4.78, 5) is 43.7. The normalized spacial score (nSPS) is 17.9. The molecule has 32 heavy (non-hydrogen) atoms. The lowest BCUT2D eigenvalue weighted by Crippen LogP contribution is -2.41. The molecule has 0 spiro atoms. The van der Waals surface area contributed by atoms with Crippen LogP contribution in [0.25, 0.3) is 0 Å². The summed E-state index contributed by atoms with van der Waals surface area (Å²) < 4.78 is 0. The molecule has 1 atom stereocenters. The molecule has 2 aliphatic heterocycles. The third-order valence-corrected chi connectivity index (χ3v) is 6.35. The number of pyridine rings is 1. The quantitative estimate of drug-likeness (QED) is 0.653.